The van der Waals surface area contributed by atoms with Crippen molar-refractivity contribution < 1.29 is 0 Å². The van der Waals surface area contributed by atoms with Gasteiger partial charge < -0.3 is 10.1 Å². The number of nitrogens with zero attached hydrogens (tertiary/aromatic N) is 2. The zero-order valence-electron chi connectivity index (χ0n) is 12.9. The minimum Gasteiger partial charge on any atom is -0.322 e. The number of pyridine rings is 1. The zero-order valence-corrected chi connectivity index (χ0v) is 12.9. The van der Waals surface area contributed by atoms with Crippen LogP contribution in [0.4, 0.5) is 0 Å². The normalized spacial score (nSPS) is 14.9. The third-order valence-electron chi connectivity index (χ3n) is 3.50. The van der Waals surface area contributed by atoms with Gasteiger partial charge in [0.2, 0.25) is 0 Å². The smallest absolute Gasteiger partial charge is 0.137 e. The molecular weight excluding hydrogens is 234 g/mol. The van der Waals surface area contributed by atoms with E-state index in [-0.39, 0.29) is 16.9 Å². The van der Waals surface area contributed by atoms with Crippen molar-refractivity contribution in [3.8, 4) is 0 Å². The molecule has 0 saturated heterocycles. The number of hydrogen-bond acceptors (Lipinski definition) is 2. The number of hydrogen-bond donors (Lipinski definition) is 1. The van der Waals surface area contributed by atoms with E-state index in [1.54, 1.807) is 0 Å². The SMILES string of the molecule is CC(C)(C)c1nc2ccccn2c1C(N)C(C)(C)C. The van der Waals surface area contributed by atoms with Crippen molar-refractivity contribution in [2.45, 2.75) is 53.0 Å². The highest BCUT2D eigenvalue weighted by Gasteiger charge is 2.32. The standard InChI is InChI=1S/C16H25N3/c1-15(2,3)13(17)12-14(16(4,5)6)18-11-9-7-8-10-19(11)12/h7-10,13H,17H2,1-6H3. The summed E-state index contributed by atoms with van der Waals surface area (Å²) < 4.78 is 2.14. The van der Waals surface area contributed by atoms with Crippen molar-refractivity contribution in [3.63, 3.8) is 0 Å². The van der Waals surface area contributed by atoms with Crippen molar-refractivity contribution in [1.82, 2.24) is 9.38 Å². The number of nitrogens with two attached hydrogens (primary N) is 1. The van der Waals surface area contributed by atoms with Gasteiger partial charge in [0, 0.05) is 11.6 Å². The molecule has 0 bridgehead atoms. The zero-order chi connectivity index (χ0) is 14.4. The second kappa shape index (κ2) is 4.34. The van der Waals surface area contributed by atoms with E-state index in [1.165, 1.54) is 0 Å². The van der Waals surface area contributed by atoms with Crippen LogP contribution in [0.5, 0.6) is 0 Å². The third kappa shape index (κ3) is 2.52. The van der Waals surface area contributed by atoms with Crippen LogP contribution in [0.25, 0.3) is 5.65 Å². The fraction of sp³-hybridized carbons (Fsp3) is 0.562. The van der Waals surface area contributed by atoms with E-state index in [1.807, 2.05) is 18.2 Å². The lowest BCUT2D eigenvalue weighted by molar-refractivity contribution is 0.315. The second-order valence-corrected chi connectivity index (χ2v) is 7.37. The Kier molecular flexibility index (Phi) is 3.21. The molecule has 19 heavy (non-hydrogen) atoms. The molecule has 1 unspecified atom stereocenters. The summed E-state index contributed by atoms with van der Waals surface area (Å²) >= 11 is 0. The van der Waals surface area contributed by atoms with Gasteiger partial charge in [-0.1, -0.05) is 47.6 Å². The molecule has 2 aromatic heterocycles. The largest absolute Gasteiger partial charge is 0.322 e. The minimum absolute atomic E-state index is 0.00576. The predicted molar refractivity (Wildman–Crippen MR) is 80.3 cm³/mol. The van der Waals surface area contributed by atoms with Crippen molar-refractivity contribution in [2.24, 2.45) is 11.1 Å². The maximum absolute atomic E-state index is 6.52. The lowest BCUT2D eigenvalue weighted by Gasteiger charge is -2.30. The molecule has 0 radical (unpaired) electrons. The van der Waals surface area contributed by atoms with Gasteiger partial charge >= 0.3 is 0 Å². The summed E-state index contributed by atoms with van der Waals surface area (Å²) in [5, 5.41) is 0. The Morgan fingerprint density at radius 3 is 2.26 bits per heavy atom. The Bertz CT molecular complexity index is 582. The first-order valence-electron chi connectivity index (χ1n) is 6.85. The van der Waals surface area contributed by atoms with E-state index < -0.39 is 0 Å². The average Bonchev–Trinajstić information content (AvgIpc) is 2.65. The Morgan fingerprint density at radius 1 is 1.11 bits per heavy atom. The first kappa shape index (κ1) is 14.1. The van der Waals surface area contributed by atoms with Crippen molar-refractivity contribution in [2.75, 3.05) is 0 Å². The summed E-state index contributed by atoms with van der Waals surface area (Å²) in [6.07, 6.45) is 2.05. The molecule has 104 valence electrons. The van der Waals surface area contributed by atoms with Crippen LogP contribution < -0.4 is 5.73 Å². The molecular formula is C16H25N3. The molecule has 0 saturated carbocycles. The molecule has 2 rings (SSSR count). The molecule has 0 aliphatic carbocycles. The van der Waals surface area contributed by atoms with Crippen molar-refractivity contribution in [3.05, 3.63) is 35.8 Å². The molecule has 0 aliphatic rings. The van der Waals surface area contributed by atoms with Gasteiger partial charge in [-0.2, -0.15) is 0 Å². The van der Waals surface area contributed by atoms with Gasteiger partial charge in [0.05, 0.1) is 17.4 Å². The van der Waals surface area contributed by atoms with Crippen LogP contribution in [-0.2, 0) is 5.41 Å². The topological polar surface area (TPSA) is 43.3 Å². The van der Waals surface area contributed by atoms with Crippen LogP contribution in [0.2, 0.25) is 0 Å². The summed E-state index contributed by atoms with van der Waals surface area (Å²) in [6.45, 7) is 13.1. The molecule has 1 atom stereocenters. The van der Waals surface area contributed by atoms with E-state index in [0.29, 0.717) is 0 Å². The summed E-state index contributed by atoms with van der Waals surface area (Å²) in [4.78, 5) is 4.80. The fourth-order valence-corrected chi connectivity index (χ4v) is 2.27. The Labute approximate surface area is 115 Å². The van der Waals surface area contributed by atoms with Crippen molar-refractivity contribution in [1.29, 1.82) is 0 Å². The van der Waals surface area contributed by atoms with Crippen LogP contribution in [-0.4, -0.2) is 9.38 Å². The number of rotatable bonds is 1. The summed E-state index contributed by atoms with van der Waals surface area (Å²) in [5.41, 5.74) is 9.72. The maximum atomic E-state index is 6.52. The lowest BCUT2D eigenvalue weighted by Crippen LogP contribution is -2.30. The number of fused-ring (bicyclic) bond motifs is 1. The molecule has 3 heteroatoms. The first-order chi connectivity index (χ1) is 8.62. The van der Waals surface area contributed by atoms with Crippen molar-refractivity contribution >= 4 is 5.65 Å². The van der Waals surface area contributed by atoms with E-state index in [2.05, 4.69) is 52.1 Å². The van der Waals surface area contributed by atoms with Gasteiger partial charge in [0.15, 0.2) is 0 Å². The number of aromatic nitrogens is 2. The molecule has 0 spiro atoms. The molecule has 2 N–H and O–H groups in total. The third-order valence-corrected chi connectivity index (χ3v) is 3.50. The quantitative estimate of drug-likeness (QED) is 0.849. The molecule has 0 aliphatic heterocycles. The molecule has 2 aromatic rings. The van der Waals surface area contributed by atoms with Gasteiger partial charge in [0.1, 0.15) is 5.65 Å². The summed E-state index contributed by atoms with van der Waals surface area (Å²) in [5.74, 6) is 0. The lowest BCUT2D eigenvalue weighted by atomic mass is 9.81. The monoisotopic (exact) mass is 259 g/mol. The van der Waals surface area contributed by atoms with Crippen LogP contribution >= 0.6 is 0 Å². The summed E-state index contributed by atoms with van der Waals surface area (Å²) in [6, 6.07) is 6.04. The first-order valence-corrected chi connectivity index (χ1v) is 6.85. The Hall–Kier alpha value is -1.35. The van der Waals surface area contributed by atoms with Gasteiger partial charge in [0.25, 0.3) is 0 Å². The highest BCUT2D eigenvalue weighted by molar-refractivity contribution is 5.46. The van der Waals surface area contributed by atoms with Crippen LogP contribution in [0.1, 0.15) is 59.0 Å². The average molecular weight is 259 g/mol. The molecule has 2 heterocycles. The van der Waals surface area contributed by atoms with Gasteiger partial charge in [-0.25, -0.2) is 4.98 Å². The van der Waals surface area contributed by atoms with Crippen LogP contribution in [0.15, 0.2) is 24.4 Å². The molecule has 3 nitrogen and oxygen atoms in total. The van der Waals surface area contributed by atoms with Crippen LogP contribution in [0, 0.1) is 5.41 Å². The second-order valence-electron chi connectivity index (χ2n) is 7.37. The number of imidazole rings is 1. The van der Waals surface area contributed by atoms with Gasteiger partial charge in [-0.3, -0.25) is 0 Å². The van der Waals surface area contributed by atoms with Crippen LogP contribution in [0.3, 0.4) is 0 Å². The van der Waals surface area contributed by atoms with E-state index >= 15 is 0 Å². The van der Waals surface area contributed by atoms with Gasteiger partial charge in [-0.05, 0) is 17.5 Å². The predicted octanol–water partition coefficient (Wildman–Crippen LogP) is 3.68. The Balaban J connectivity index is 2.75. The fourth-order valence-electron chi connectivity index (χ4n) is 2.27. The molecule has 0 aromatic carbocycles. The van der Waals surface area contributed by atoms with E-state index in [9.17, 15) is 0 Å². The highest BCUT2D eigenvalue weighted by Crippen LogP contribution is 2.36. The van der Waals surface area contributed by atoms with Gasteiger partial charge in [-0.15, -0.1) is 0 Å². The van der Waals surface area contributed by atoms with E-state index in [4.69, 9.17) is 10.7 Å². The Morgan fingerprint density at radius 2 is 1.74 bits per heavy atom. The van der Waals surface area contributed by atoms with E-state index in [0.717, 1.165) is 17.0 Å². The maximum Gasteiger partial charge on any atom is 0.137 e. The summed E-state index contributed by atoms with van der Waals surface area (Å²) in [7, 11) is 0. The molecule has 0 fully saturated rings. The highest BCUT2D eigenvalue weighted by atomic mass is 15.0. The minimum atomic E-state index is -0.0425. The molecule has 0 amide bonds.